The standard InChI is InChI=1S/C16H19NO2S/c1-3-5-11-13(18)14-15(19-4-2)17-16(20-14)12-9-7-6-8-10-12/h6-10H,3-5,11H2,1-2H3. The molecule has 0 aliphatic rings. The molecule has 3 nitrogen and oxygen atoms in total. The Bertz CT molecular complexity index is 563. The topological polar surface area (TPSA) is 39.2 Å². The third-order valence-electron chi connectivity index (χ3n) is 2.91. The van der Waals surface area contributed by atoms with Crippen LogP contribution in [-0.2, 0) is 0 Å². The lowest BCUT2D eigenvalue weighted by atomic mass is 10.2. The van der Waals surface area contributed by atoms with Crippen LogP contribution < -0.4 is 4.74 Å². The molecule has 1 aromatic carbocycles. The van der Waals surface area contributed by atoms with E-state index in [9.17, 15) is 4.79 Å². The van der Waals surface area contributed by atoms with Crippen LogP contribution in [0.15, 0.2) is 30.3 Å². The van der Waals surface area contributed by atoms with E-state index in [4.69, 9.17) is 4.74 Å². The van der Waals surface area contributed by atoms with Gasteiger partial charge in [0.15, 0.2) is 5.78 Å². The van der Waals surface area contributed by atoms with Crippen LogP contribution in [0.2, 0.25) is 0 Å². The molecule has 0 radical (unpaired) electrons. The highest BCUT2D eigenvalue weighted by atomic mass is 32.1. The number of rotatable bonds is 7. The number of carbonyl (C=O) groups excluding carboxylic acids is 1. The zero-order valence-corrected chi connectivity index (χ0v) is 12.7. The molecule has 0 fully saturated rings. The quantitative estimate of drug-likeness (QED) is 0.700. The molecule has 0 bridgehead atoms. The lowest BCUT2D eigenvalue weighted by molar-refractivity contribution is 0.0980. The van der Waals surface area contributed by atoms with E-state index >= 15 is 0 Å². The van der Waals surface area contributed by atoms with Crippen molar-refractivity contribution in [1.82, 2.24) is 4.98 Å². The molecule has 2 rings (SSSR count). The van der Waals surface area contributed by atoms with Crippen molar-refractivity contribution >= 4 is 17.1 Å². The number of nitrogens with zero attached hydrogens (tertiary/aromatic N) is 1. The summed E-state index contributed by atoms with van der Waals surface area (Å²) in [5.74, 6) is 0.618. The number of hydrogen-bond donors (Lipinski definition) is 0. The molecular formula is C16H19NO2S. The number of carbonyl (C=O) groups is 1. The van der Waals surface area contributed by atoms with E-state index in [1.807, 2.05) is 37.3 Å². The van der Waals surface area contributed by atoms with Gasteiger partial charge in [0.25, 0.3) is 0 Å². The second-order valence-corrected chi connectivity index (χ2v) is 5.48. The highest BCUT2D eigenvalue weighted by Crippen LogP contribution is 2.33. The molecule has 0 atom stereocenters. The van der Waals surface area contributed by atoms with Crippen molar-refractivity contribution in [1.29, 1.82) is 0 Å². The first-order valence-corrected chi connectivity index (χ1v) is 7.80. The van der Waals surface area contributed by atoms with Gasteiger partial charge in [0.2, 0.25) is 5.88 Å². The average molecular weight is 289 g/mol. The van der Waals surface area contributed by atoms with Gasteiger partial charge in [-0.1, -0.05) is 43.7 Å². The highest BCUT2D eigenvalue weighted by Gasteiger charge is 2.19. The molecule has 4 heteroatoms. The van der Waals surface area contributed by atoms with E-state index in [2.05, 4.69) is 11.9 Å². The number of Topliss-reactive ketones (excluding diaryl/α,β-unsaturated/α-hetero) is 1. The molecule has 0 saturated heterocycles. The van der Waals surface area contributed by atoms with Gasteiger partial charge in [0.1, 0.15) is 9.88 Å². The van der Waals surface area contributed by atoms with Crippen molar-refractivity contribution in [3.05, 3.63) is 35.2 Å². The van der Waals surface area contributed by atoms with Crippen LogP contribution in [0.1, 0.15) is 42.8 Å². The summed E-state index contributed by atoms with van der Waals surface area (Å²) in [4.78, 5) is 17.4. The summed E-state index contributed by atoms with van der Waals surface area (Å²) in [6, 6.07) is 9.89. The first-order valence-electron chi connectivity index (χ1n) is 6.98. The highest BCUT2D eigenvalue weighted by molar-refractivity contribution is 7.17. The number of benzene rings is 1. The fourth-order valence-electron chi connectivity index (χ4n) is 1.87. The van der Waals surface area contributed by atoms with Gasteiger partial charge >= 0.3 is 0 Å². The second-order valence-electron chi connectivity index (χ2n) is 4.48. The van der Waals surface area contributed by atoms with Gasteiger partial charge in [-0.2, -0.15) is 0 Å². The fourth-order valence-corrected chi connectivity index (χ4v) is 2.86. The van der Waals surface area contributed by atoms with Crippen LogP contribution >= 0.6 is 11.3 Å². The molecule has 0 aliphatic heterocycles. The van der Waals surface area contributed by atoms with Gasteiger partial charge in [-0.05, 0) is 13.3 Å². The molecule has 0 amide bonds. The van der Waals surface area contributed by atoms with E-state index in [1.54, 1.807) is 0 Å². The third kappa shape index (κ3) is 3.45. The predicted molar refractivity (Wildman–Crippen MR) is 82.6 cm³/mol. The zero-order chi connectivity index (χ0) is 14.4. The van der Waals surface area contributed by atoms with Crippen molar-refractivity contribution in [3.8, 4) is 16.5 Å². The third-order valence-corrected chi connectivity index (χ3v) is 4.04. The van der Waals surface area contributed by atoms with Crippen molar-refractivity contribution in [3.63, 3.8) is 0 Å². The van der Waals surface area contributed by atoms with Gasteiger partial charge in [0.05, 0.1) is 6.61 Å². The summed E-state index contributed by atoms with van der Waals surface area (Å²) < 4.78 is 5.52. The summed E-state index contributed by atoms with van der Waals surface area (Å²) in [6.45, 7) is 4.51. The van der Waals surface area contributed by atoms with Crippen LogP contribution in [0.4, 0.5) is 0 Å². The minimum Gasteiger partial charge on any atom is -0.477 e. The number of hydrogen-bond acceptors (Lipinski definition) is 4. The van der Waals surface area contributed by atoms with E-state index in [0.29, 0.717) is 23.8 Å². The molecule has 0 unspecified atom stereocenters. The molecule has 0 saturated carbocycles. The van der Waals surface area contributed by atoms with Gasteiger partial charge in [-0.15, -0.1) is 11.3 Å². The fraction of sp³-hybridized carbons (Fsp3) is 0.375. The smallest absolute Gasteiger partial charge is 0.236 e. The molecule has 0 aliphatic carbocycles. The Morgan fingerprint density at radius 1 is 1.25 bits per heavy atom. The van der Waals surface area contributed by atoms with Gasteiger partial charge < -0.3 is 4.74 Å². The Kier molecular flexibility index (Phi) is 5.30. The minimum atomic E-state index is 0.134. The SMILES string of the molecule is CCCCC(=O)c1sc(-c2ccccc2)nc1OCC. The monoisotopic (exact) mass is 289 g/mol. The number of ketones is 1. The summed E-state index contributed by atoms with van der Waals surface area (Å²) in [6.07, 6.45) is 2.48. The van der Waals surface area contributed by atoms with Crippen molar-refractivity contribution < 1.29 is 9.53 Å². The molecule has 106 valence electrons. The molecule has 20 heavy (non-hydrogen) atoms. The lowest BCUT2D eigenvalue weighted by Crippen LogP contribution is -2.01. The zero-order valence-electron chi connectivity index (χ0n) is 11.9. The summed E-state index contributed by atoms with van der Waals surface area (Å²) in [5, 5.41) is 0.842. The summed E-state index contributed by atoms with van der Waals surface area (Å²) in [7, 11) is 0. The molecule has 2 aromatic rings. The maximum Gasteiger partial charge on any atom is 0.236 e. The normalized spacial score (nSPS) is 10.5. The molecular weight excluding hydrogens is 270 g/mol. The molecule has 0 spiro atoms. The molecule has 0 N–H and O–H groups in total. The number of thiazole rings is 1. The number of unbranched alkanes of at least 4 members (excludes halogenated alkanes) is 1. The maximum absolute atomic E-state index is 12.2. The predicted octanol–water partition coefficient (Wildman–Crippen LogP) is 4.58. The first-order chi connectivity index (χ1) is 9.76. The Balaban J connectivity index is 2.31. The van der Waals surface area contributed by atoms with Crippen LogP contribution in [0, 0.1) is 0 Å². The molecule has 1 heterocycles. The Morgan fingerprint density at radius 2 is 2.00 bits per heavy atom. The Morgan fingerprint density at radius 3 is 2.65 bits per heavy atom. The number of ether oxygens (including phenoxy) is 1. The lowest BCUT2D eigenvalue weighted by Gasteiger charge is -2.01. The van der Waals surface area contributed by atoms with Crippen molar-refractivity contribution in [2.75, 3.05) is 6.61 Å². The van der Waals surface area contributed by atoms with E-state index < -0.39 is 0 Å². The van der Waals surface area contributed by atoms with Crippen LogP contribution in [0.25, 0.3) is 10.6 Å². The summed E-state index contributed by atoms with van der Waals surface area (Å²) >= 11 is 1.43. The average Bonchev–Trinajstić information content (AvgIpc) is 2.90. The van der Waals surface area contributed by atoms with Crippen LogP contribution in [-0.4, -0.2) is 17.4 Å². The van der Waals surface area contributed by atoms with Crippen LogP contribution in [0.3, 0.4) is 0 Å². The van der Waals surface area contributed by atoms with Crippen molar-refractivity contribution in [2.24, 2.45) is 0 Å². The van der Waals surface area contributed by atoms with Gasteiger partial charge in [0, 0.05) is 12.0 Å². The number of aromatic nitrogens is 1. The van der Waals surface area contributed by atoms with Crippen molar-refractivity contribution in [2.45, 2.75) is 33.1 Å². The van der Waals surface area contributed by atoms with E-state index in [0.717, 1.165) is 23.4 Å². The van der Waals surface area contributed by atoms with E-state index in [1.165, 1.54) is 11.3 Å². The van der Waals surface area contributed by atoms with E-state index in [-0.39, 0.29) is 5.78 Å². The van der Waals surface area contributed by atoms with Crippen LogP contribution in [0.5, 0.6) is 5.88 Å². The van der Waals surface area contributed by atoms with Gasteiger partial charge in [-0.3, -0.25) is 4.79 Å². The Labute approximate surface area is 123 Å². The summed E-state index contributed by atoms with van der Waals surface area (Å²) in [5.41, 5.74) is 1.02. The largest absolute Gasteiger partial charge is 0.477 e. The molecule has 1 aromatic heterocycles. The first kappa shape index (κ1) is 14.7. The minimum absolute atomic E-state index is 0.134. The van der Waals surface area contributed by atoms with Gasteiger partial charge in [-0.25, -0.2) is 4.98 Å². The Hall–Kier alpha value is -1.68. The maximum atomic E-state index is 12.2. The second kappa shape index (κ2) is 7.20.